The number of hydrogen-bond donors (Lipinski definition) is 1. The summed E-state index contributed by atoms with van der Waals surface area (Å²) >= 11 is 0. The molecular weight excluding hydrogens is 174 g/mol. The molecule has 0 aromatic rings. The number of rotatable bonds is 4. The smallest absolute Gasteiger partial charge is 0.0431 e. The largest absolute Gasteiger partial charge is 0.396 e. The molecule has 0 aromatic carbocycles. The Hall–Kier alpha value is -0.0800. The predicted molar refractivity (Wildman–Crippen MR) is 58.3 cm³/mol. The predicted octanol–water partition coefficient (Wildman–Crippen LogP) is 2.02. The molecule has 0 atom stereocenters. The van der Waals surface area contributed by atoms with E-state index in [1.807, 2.05) is 0 Å². The van der Waals surface area contributed by atoms with Gasteiger partial charge in [0.15, 0.2) is 0 Å². The van der Waals surface area contributed by atoms with E-state index in [2.05, 4.69) is 4.90 Å². The van der Waals surface area contributed by atoms with Crippen molar-refractivity contribution in [2.45, 2.75) is 44.9 Å². The molecule has 1 N–H and O–H groups in total. The second kappa shape index (κ2) is 4.63. The zero-order valence-electron chi connectivity index (χ0n) is 9.17. The average molecular weight is 197 g/mol. The van der Waals surface area contributed by atoms with Crippen molar-refractivity contribution in [1.82, 2.24) is 4.90 Å². The molecule has 2 fully saturated rings. The van der Waals surface area contributed by atoms with Crippen LogP contribution < -0.4 is 0 Å². The van der Waals surface area contributed by atoms with Crippen molar-refractivity contribution in [1.29, 1.82) is 0 Å². The minimum absolute atomic E-state index is 0.360. The van der Waals surface area contributed by atoms with E-state index in [9.17, 15) is 0 Å². The Labute approximate surface area is 87.3 Å². The first-order valence-corrected chi connectivity index (χ1v) is 6.18. The number of unbranched alkanes of at least 4 members (excludes halogenated alkanes) is 1. The van der Waals surface area contributed by atoms with Crippen molar-refractivity contribution in [2.75, 3.05) is 26.2 Å². The van der Waals surface area contributed by atoms with Gasteiger partial charge in [0.2, 0.25) is 0 Å². The van der Waals surface area contributed by atoms with E-state index >= 15 is 0 Å². The van der Waals surface area contributed by atoms with Crippen molar-refractivity contribution >= 4 is 0 Å². The van der Waals surface area contributed by atoms with Gasteiger partial charge >= 0.3 is 0 Å². The Kier molecular flexibility index (Phi) is 3.45. The van der Waals surface area contributed by atoms with Gasteiger partial charge in [-0.15, -0.1) is 0 Å². The van der Waals surface area contributed by atoms with E-state index in [-0.39, 0.29) is 0 Å². The molecule has 2 rings (SSSR count). The molecule has 0 unspecified atom stereocenters. The average Bonchev–Trinajstić information content (AvgIpc) is 2.17. The van der Waals surface area contributed by atoms with Gasteiger partial charge in [0.05, 0.1) is 0 Å². The van der Waals surface area contributed by atoms with E-state index in [1.165, 1.54) is 58.2 Å². The van der Waals surface area contributed by atoms with Crippen molar-refractivity contribution in [3.8, 4) is 0 Å². The van der Waals surface area contributed by atoms with Crippen LogP contribution in [0.3, 0.4) is 0 Å². The van der Waals surface area contributed by atoms with Gasteiger partial charge in [0, 0.05) is 19.7 Å². The van der Waals surface area contributed by atoms with Crippen LogP contribution in [0.15, 0.2) is 0 Å². The third kappa shape index (κ3) is 2.29. The summed E-state index contributed by atoms with van der Waals surface area (Å²) in [6.07, 6.45) is 9.49. The molecule has 82 valence electrons. The highest BCUT2D eigenvalue weighted by Crippen LogP contribution is 2.43. The first-order chi connectivity index (χ1) is 6.85. The lowest BCUT2D eigenvalue weighted by Crippen LogP contribution is -2.57. The zero-order chi connectivity index (χ0) is 9.86. The molecule has 1 saturated heterocycles. The van der Waals surface area contributed by atoms with Crippen LogP contribution in [0.25, 0.3) is 0 Å². The van der Waals surface area contributed by atoms with Crippen molar-refractivity contribution < 1.29 is 5.11 Å². The lowest BCUT2D eigenvalue weighted by Gasteiger charge is -2.52. The molecular formula is C12H23NO. The summed E-state index contributed by atoms with van der Waals surface area (Å²) in [5.41, 5.74) is 0.734. The molecule has 1 heterocycles. The lowest BCUT2D eigenvalue weighted by molar-refractivity contribution is -0.0287. The fraction of sp³-hybridized carbons (Fsp3) is 1.00. The quantitative estimate of drug-likeness (QED) is 0.697. The Bertz CT molecular complexity index is 167. The van der Waals surface area contributed by atoms with Crippen LogP contribution in [0.1, 0.15) is 44.9 Å². The van der Waals surface area contributed by atoms with Crippen LogP contribution >= 0.6 is 0 Å². The summed E-state index contributed by atoms with van der Waals surface area (Å²) in [5, 5.41) is 8.69. The monoisotopic (exact) mass is 197 g/mol. The Morgan fingerprint density at radius 1 is 1.00 bits per heavy atom. The minimum Gasteiger partial charge on any atom is -0.396 e. The maximum atomic E-state index is 8.69. The van der Waals surface area contributed by atoms with E-state index in [4.69, 9.17) is 5.11 Å². The fourth-order valence-corrected chi connectivity index (χ4v) is 3.13. The Balaban J connectivity index is 1.62. The molecule has 0 amide bonds. The summed E-state index contributed by atoms with van der Waals surface area (Å²) in [6, 6.07) is 0. The minimum atomic E-state index is 0.360. The van der Waals surface area contributed by atoms with E-state index in [1.54, 1.807) is 0 Å². The first kappa shape index (κ1) is 10.4. The van der Waals surface area contributed by atoms with Gasteiger partial charge in [0.25, 0.3) is 0 Å². The maximum absolute atomic E-state index is 8.69. The molecule has 2 nitrogen and oxygen atoms in total. The summed E-state index contributed by atoms with van der Waals surface area (Å²) in [5.74, 6) is 0. The summed E-state index contributed by atoms with van der Waals surface area (Å²) in [6.45, 7) is 4.26. The van der Waals surface area contributed by atoms with Gasteiger partial charge in [0.1, 0.15) is 0 Å². The lowest BCUT2D eigenvalue weighted by atomic mass is 9.68. The Morgan fingerprint density at radius 2 is 1.71 bits per heavy atom. The molecule has 1 saturated carbocycles. The summed E-state index contributed by atoms with van der Waals surface area (Å²) < 4.78 is 0. The topological polar surface area (TPSA) is 23.5 Å². The van der Waals surface area contributed by atoms with E-state index in [0.29, 0.717) is 6.61 Å². The van der Waals surface area contributed by atoms with Crippen molar-refractivity contribution in [3.05, 3.63) is 0 Å². The first-order valence-electron chi connectivity index (χ1n) is 6.18. The molecule has 14 heavy (non-hydrogen) atoms. The fourth-order valence-electron chi connectivity index (χ4n) is 3.13. The molecule has 0 bridgehead atoms. The highest BCUT2D eigenvalue weighted by Gasteiger charge is 2.42. The van der Waals surface area contributed by atoms with Crippen LogP contribution in [-0.2, 0) is 0 Å². The van der Waals surface area contributed by atoms with Gasteiger partial charge in [-0.3, -0.25) is 0 Å². The van der Waals surface area contributed by atoms with Crippen LogP contribution in [0, 0.1) is 5.41 Å². The third-order valence-corrected chi connectivity index (χ3v) is 3.91. The molecule has 2 aliphatic rings. The van der Waals surface area contributed by atoms with Crippen LogP contribution in [-0.4, -0.2) is 36.2 Å². The van der Waals surface area contributed by atoms with Crippen LogP contribution in [0.4, 0.5) is 0 Å². The second-order valence-corrected chi connectivity index (χ2v) is 5.20. The van der Waals surface area contributed by atoms with Crippen LogP contribution in [0.5, 0.6) is 0 Å². The standard InChI is InChI=1S/C12H23NO/c14-9-5-4-8-13-10-12(11-13)6-2-1-3-7-12/h14H,1-11H2. The van der Waals surface area contributed by atoms with Gasteiger partial charge in [-0.2, -0.15) is 0 Å². The maximum Gasteiger partial charge on any atom is 0.0431 e. The molecule has 1 aliphatic heterocycles. The number of nitrogens with zero attached hydrogens (tertiary/aromatic N) is 1. The molecule has 1 spiro atoms. The van der Waals surface area contributed by atoms with Crippen molar-refractivity contribution in [3.63, 3.8) is 0 Å². The van der Waals surface area contributed by atoms with Gasteiger partial charge < -0.3 is 10.0 Å². The molecule has 2 heteroatoms. The normalized spacial score (nSPS) is 26.4. The van der Waals surface area contributed by atoms with E-state index in [0.717, 1.165) is 11.8 Å². The van der Waals surface area contributed by atoms with Crippen molar-refractivity contribution in [2.24, 2.45) is 5.41 Å². The summed E-state index contributed by atoms with van der Waals surface area (Å²) in [7, 11) is 0. The van der Waals surface area contributed by atoms with Gasteiger partial charge in [-0.25, -0.2) is 0 Å². The van der Waals surface area contributed by atoms with E-state index < -0.39 is 0 Å². The SMILES string of the molecule is OCCCCN1CC2(CCCCC2)C1. The number of aliphatic hydroxyl groups excluding tert-OH is 1. The molecule has 0 aromatic heterocycles. The summed E-state index contributed by atoms with van der Waals surface area (Å²) in [4.78, 5) is 2.57. The highest BCUT2D eigenvalue weighted by molar-refractivity contribution is 4.96. The number of aliphatic hydroxyl groups is 1. The highest BCUT2D eigenvalue weighted by atomic mass is 16.2. The van der Waals surface area contributed by atoms with Gasteiger partial charge in [-0.05, 0) is 37.6 Å². The number of hydrogen-bond acceptors (Lipinski definition) is 2. The Morgan fingerprint density at radius 3 is 2.36 bits per heavy atom. The number of likely N-dealkylation sites (tertiary alicyclic amines) is 1. The third-order valence-electron chi connectivity index (χ3n) is 3.91. The zero-order valence-corrected chi connectivity index (χ0v) is 9.17. The van der Waals surface area contributed by atoms with Gasteiger partial charge in [-0.1, -0.05) is 19.3 Å². The molecule has 0 radical (unpaired) electrons. The van der Waals surface area contributed by atoms with Crippen LogP contribution in [0.2, 0.25) is 0 Å². The molecule has 1 aliphatic carbocycles. The second-order valence-electron chi connectivity index (χ2n) is 5.20.